The van der Waals surface area contributed by atoms with Crippen molar-refractivity contribution in [2.45, 2.75) is 0 Å². The predicted molar refractivity (Wildman–Crippen MR) is 65.0 cm³/mol. The van der Waals surface area contributed by atoms with E-state index in [0.29, 0.717) is 0 Å². The van der Waals surface area contributed by atoms with E-state index in [0.717, 1.165) is 0 Å². The van der Waals surface area contributed by atoms with E-state index < -0.39 is 10.4 Å². The Labute approximate surface area is 96.8 Å². The van der Waals surface area contributed by atoms with Crippen molar-refractivity contribution in [3.8, 4) is 0 Å². The maximum atomic E-state index is 8.74. The molecule has 8 nitrogen and oxygen atoms in total. The topological polar surface area (TPSA) is 174 Å². The first kappa shape index (κ1) is 20.0. The van der Waals surface area contributed by atoms with Crippen LogP contribution in [0, 0.1) is 10.8 Å². The largest absolute Gasteiger partial charge is 0.394 e. The van der Waals surface area contributed by atoms with Crippen molar-refractivity contribution in [3.05, 3.63) is 0 Å². The molecule has 0 aliphatic heterocycles. The molecule has 0 aromatic rings. The summed E-state index contributed by atoms with van der Waals surface area (Å²) < 4.78 is 31.6. The van der Waals surface area contributed by atoms with Crippen molar-refractivity contribution in [1.82, 2.24) is 0 Å². The van der Waals surface area contributed by atoms with Crippen LogP contribution in [0.2, 0.25) is 0 Å². The average Bonchev–Trinajstić information content (AvgIpc) is 2.02. The highest BCUT2D eigenvalue weighted by atomic mass is 32.3. The summed E-state index contributed by atoms with van der Waals surface area (Å²) in [5.41, 5.74) is 9.68. The van der Waals surface area contributed by atoms with Gasteiger partial charge >= 0.3 is 10.4 Å². The van der Waals surface area contributed by atoms with Gasteiger partial charge in [0.1, 0.15) is 0 Å². The molecule has 8 N–H and O–H groups in total. The summed E-state index contributed by atoms with van der Waals surface area (Å²) >= 11 is 2.48. The summed E-state index contributed by atoms with van der Waals surface area (Å²) in [6.45, 7) is 0. The van der Waals surface area contributed by atoms with Crippen LogP contribution < -0.4 is 11.5 Å². The summed E-state index contributed by atoms with van der Waals surface area (Å²) in [7, 11) is -4.67. The van der Waals surface area contributed by atoms with Crippen molar-refractivity contribution >= 4 is 44.3 Å². The van der Waals surface area contributed by atoms with Crippen LogP contribution in [0.25, 0.3) is 0 Å². The highest BCUT2D eigenvalue weighted by Gasteiger charge is 1.84. The van der Waals surface area contributed by atoms with E-state index in [1.165, 1.54) is 23.5 Å². The minimum absolute atomic E-state index is 0.171. The van der Waals surface area contributed by atoms with E-state index in [-0.39, 0.29) is 10.3 Å². The highest BCUT2D eigenvalue weighted by molar-refractivity contribution is 8.13. The molecule has 0 bridgehead atoms. The fraction of sp³-hybridized carbons (Fsp3) is 0.500. The monoisotopic (exact) mass is 284 g/mol. The van der Waals surface area contributed by atoms with Gasteiger partial charge in [0.05, 0.1) is 0 Å². The number of amidine groups is 2. The molecule has 0 amide bonds. The molecule has 0 aromatic heterocycles. The molecule has 0 fully saturated rings. The molecule has 0 spiro atoms. The molecule has 0 radical (unpaired) electrons. The van der Waals surface area contributed by atoms with Crippen molar-refractivity contribution < 1.29 is 17.5 Å². The van der Waals surface area contributed by atoms with E-state index in [1.54, 1.807) is 12.5 Å². The van der Waals surface area contributed by atoms with Crippen LogP contribution in [0.5, 0.6) is 0 Å². The Morgan fingerprint density at radius 3 is 1.13 bits per heavy atom. The van der Waals surface area contributed by atoms with Crippen LogP contribution in [0.15, 0.2) is 0 Å². The Bertz CT molecular complexity index is 256. The van der Waals surface area contributed by atoms with Gasteiger partial charge in [0, 0.05) is 0 Å². The lowest BCUT2D eigenvalue weighted by molar-refractivity contribution is 0.381. The first-order valence-electron chi connectivity index (χ1n) is 3.00. The summed E-state index contributed by atoms with van der Waals surface area (Å²) in [5, 5.41) is 13.3. The van der Waals surface area contributed by atoms with Crippen LogP contribution in [0.3, 0.4) is 0 Å². The Kier molecular flexibility index (Phi) is 15.4. The Balaban J connectivity index is -0.000000144. The highest BCUT2D eigenvalue weighted by Crippen LogP contribution is 1.83. The van der Waals surface area contributed by atoms with Crippen LogP contribution in [0.4, 0.5) is 0 Å². The Hall–Kier alpha value is -0.490. The smallest absolute Gasteiger partial charge is 0.379 e. The maximum Gasteiger partial charge on any atom is 0.394 e. The lowest BCUT2D eigenvalue weighted by Gasteiger charge is -1.78. The zero-order valence-corrected chi connectivity index (χ0v) is 10.5. The molecule has 15 heavy (non-hydrogen) atoms. The molecule has 0 saturated carbocycles. The van der Waals surface area contributed by atoms with Crippen molar-refractivity contribution in [1.29, 1.82) is 10.8 Å². The molecule has 0 rings (SSSR count). The molecular formula is C4H14N4O4S3. The van der Waals surface area contributed by atoms with Gasteiger partial charge in [0.15, 0.2) is 10.3 Å². The fourth-order valence-corrected chi connectivity index (χ4v) is 0. The van der Waals surface area contributed by atoms with Gasteiger partial charge in [0.25, 0.3) is 0 Å². The standard InChI is InChI=1S/2C2H6N2S.H2O4S/c2*1-5-2(3)4;1-5(2,3)4/h2*1H3,(H3,3,4);(H2,1,2,3,4)/i2*2+1,3+1,4+1;. The number of rotatable bonds is 0. The molecule has 0 aromatic carbocycles. The second-order valence-electron chi connectivity index (χ2n) is 1.58. The number of hydrogen-bond acceptors (Lipinski definition) is 6. The molecule has 11 heteroatoms. The van der Waals surface area contributed by atoms with Crippen molar-refractivity contribution in [2.75, 3.05) is 12.5 Å². The molecule has 0 saturated heterocycles. The van der Waals surface area contributed by atoms with Crippen molar-refractivity contribution in [2.24, 2.45) is 11.5 Å². The third kappa shape index (κ3) is 145. The molecule has 0 atom stereocenters. The van der Waals surface area contributed by atoms with Gasteiger partial charge in [-0.15, -0.1) is 0 Å². The van der Waals surface area contributed by atoms with Crippen LogP contribution in [0.1, 0.15) is 0 Å². The maximum absolute atomic E-state index is 8.74. The number of nitrogens with two attached hydrogens (primary N) is 2. The summed E-state index contributed by atoms with van der Waals surface area (Å²) in [6.07, 6.45) is 3.53. The van der Waals surface area contributed by atoms with Crippen LogP contribution in [-0.4, -0.2) is 40.4 Å². The summed E-state index contributed by atoms with van der Waals surface area (Å²) in [6, 6.07) is 0. The van der Waals surface area contributed by atoms with Gasteiger partial charge in [0.2, 0.25) is 0 Å². The Morgan fingerprint density at radius 2 is 1.13 bits per heavy atom. The minimum atomic E-state index is -4.67. The predicted octanol–water partition coefficient (Wildman–Crippen LogP) is -0.167. The lowest BCUT2D eigenvalue weighted by Crippen LogP contribution is -2.01. The fourth-order valence-electron chi connectivity index (χ4n) is 0. The van der Waals surface area contributed by atoms with E-state index >= 15 is 0 Å². The molecule has 0 heterocycles. The molecule has 0 aliphatic rings. The third-order valence-corrected chi connectivity index (χ3v) is 1.32. The molecule has 92 valence electrons. The number of nitrogens with one attached hydrogen (secondary N) is 2. The van der Waals surface area contributed by atoms with Gasteiger partial charge < -0.3 is 11.5 Å². The zero-order chi connectivity index (χ0) is 13.1. The Morgan fingerprint density at radius 1 is 1.07 bits per heavy atom. The second kappa shape index (κ2) is 11.6. The van der Waals surface area contributed by atoms with E-state index in [4.69, 9.17) is 39.8 Å². The van der Waals surface area contributed by atoms with Gasteiger partial charge in [-0.25, -0.2) is 0 Å². The van der Waals surface area contributed by atoms with Gasteiger partial charge in [-0.05, 0) is 12.5 Å². The van der Waals surface area contributed by atoms with E-state index in [1.807, 2.05) is 0 Å². The molecular weight excluding hydrogens is 270 g/mol. The lowest BCUT2D eigenvalue weighted by atomic mass is 12.0. The third-order valence-electron chi connectivity index (χ3n) is 0.440. The van der Waals surface area contributed by atoms with Crippen LogP contribution >= 0.6 is 23.5 Å². The number of hydrogen-bond donors (Lipinski definition) is 6. The van der Waals surface area contributed by atoms with Crippen LogP contribution in [-0.2, 0) is 10.4 Å². The summed E-state index contributed by atoms with van der Waals surface area (Å²) in [5.74, 6) is 0. The first-order valence-corrected chi connectivity index (χ1v) is 6.85. The average molecular weight is 284 g/mol. The van der Waals surface area contributed by atoms with Gasteiger partial charge in [-0.3, -0.25) is 19.9 Å². The zero-order valence-electron chi connectivity index (χ0n) is 8.09. The van der Waals surface area contributed by atoms with Gasteiger partial charge in [-0.1, -0.05) is 23.5 Å². The minimum Gasteiger partial charge on any atom is -0.379 e. The molecule has 0 aliphatic carbocycles. The normalized spacial score (nSPS) is 8.80. The molecule has 0 unspecified atom stereocenters. The van der Waals surface area contributed by atoms with E-state index in [9.17, 15) is 0 Å². The number of thioether (sulfide) groups is 2. The van der Waals surface area contributed by atoms with Gasteiger partial charge in [-0.2, -0.15) is 8.42 Å². The first-order chi connectivity index (χ1) is 6.54. The second-order valence-corrected chi connectivity index (χ2v) is 4.18. The SMILES string of the molecule is CS[13C](=[15NH])[15NH2].CS[13C](=[15NH])[15NH2].O=S(=O)(O)O. The quantitative estimate of drug-likeness (QED) is 0.117. The summed E-state index contributed by atoms with van der Waals surface area (Å²) in [4.78, 5) is 0. The van der Waals surface area contributed by atoms with Crippen molar-refractivity contribution in [3.63, 3.8) is 0 Å². The van der Waals surface area contributed by atoms with E-state index in [2.05, 4.69) is 0 Å².